The Kier molecular flexibility index (Phi) is 2.82. The number of hydrogen-bond donors (Lipinski definition) is 0. The molecule has 0 saturated carbocycles. The van der Waals surface area contributed by atoms with Crippen LogP contribution in [0.1, 0.15) is 5.56 Å². The molecule has 0 atom stereocenters. The summed E-state index contributed by atoms with van der Waals surface area (Å²) in [5.74, 6) is -2.01. The lowest BCUT2D eigenvalue weighted by molar-refractivity contribution is 0.501. The molecule has 0 aliphatic heterocycles. The molecule has 0 fully saturated rings. The van der Waals surface area contributed by atoms with Crippen LogP contribution in [0.25, 0.3) is 22.4 Å². The van der Waals surface area contributed by atoms with Crippen molar-refractivity contribution in [3.8, 4) is 11.5 Å². The van der Waals surface area contributed by atoms with E-state index in [9.17, 15) is 13.6 Å². The topological polar surface area (TPSA) is 43.1 Å². The Morgan fingerprint density at radius 2 is 1.70 bits per heavy atom. The predicted molar refractivity (Wildman–Crippen MR) is 70.4 cm³/mol. The number of halogens is 2. The highest BCUT2D eigenvalue weighted by atomic mass is 19.1. The van der Waals surface area contributed by atoms with Gasteiger partial charge < -0.3 is 4.42 Å². The van der Waals surface area contributed by atoms with Crippen molar-refractivity contribution in [2.24, 2.45) is 0 Å². The van der Waals surface area contributed by atoms with Crippen LogP contribution in [-0.4, -0.2) is 4.98 Å². The van der Waals surface area contributed by atoms with Gasteiger partial charge in [-0.3, -0.25) is 0 Å². The molecule has 3 aromatic rings. The fraction of sp³-hybridized carbons (Fsp3) is 0.0667. The lowest BCUT2D eigenvalue weighted by atomic mass is 10.1. The first-order chi connectivity index (χ1) is 9.58. The van der Waals surface area contributed by atoms with E-state index in [1.54, 1.807) is 25.1 Å². The van der Waals surface area contributed by atoms with Crippen LogP contribution >= 0.6 is 0 Å². The zero-order valence-corrected chi connectivity index (χ0v) is 10.5. The number of nitrogens with zero attached hydrogens (tertiary/aromatic N) is 1. The molecule has 3 nitrogen and oxygen atoms in total. The third-order valence-corrected chi connectivity index (χ3v) is 3.04. The summed E-state index contributed by atoms with van der Waals surface area (Å²) in [4.78, 5) is 16.0. The molecule has 100 valence electrons. The van der Waals surface area contributed by atoms with Crippen LogP contribution in [-0.2, 0) is 0 Å². The maximum atomic E-state index is 13.7. The van der Waals surface area contributed by atoms with E-state index < -0.39 is 22.8 Å². The first kappa shape index (κ1) is 12.5. The van der Waals surface area contributed by atoms with Crippen LogP contribution in [0.3, 0.4) is 0 Å². The van der Waals surface area contributed by atoms with Crippen molar-refractivity contribution in [3.63, 3.8) is 0 Å². The van der Waals surface area contributed by atoms with E-state index in [0.29, 0.717) is 16.5 Å². The summed E-state index contributed by atoms with van der Waals surface area (Å²) in [7, 11) is 0. The quantitative estimate of drug-likeness (QED) is 0.682. The monoisotopic (exact) mass is 273 g/mol. The first-order valence-corrected chi connectivity index (χ1v) is 5.93. The van der Waals surface area contributed by atoms with E-state index in [0.717, 1.165) is 12.1 Å². The molecule has 0 aliphatic carbocycles. The van der Waals surface area contributed by atoms with E-state index in [4.69, 9.17) is 4.42 Å². The van der Waals surface area contributed by atoms with Gasteiger partial charge in [0.15, 0.2) is 0 Å². The lowest BCUT2D eigenvalue weighted by Crippen LogP contribution is -2.06. The minimum Gasteiger partial charge on any atom is -0.403 e. The summed E-state index contributed by atoms with van der Waals surface area (Å²) in [6.45, 7) is 1.74. The zero-order chi connectivity index (χ0) is 14.3. The van der Waals surface area contributed by atoms with E-state index in [-0.39, 0.29) is 5.89 Å². The molecule has 0 spiro atoms. The number of benzene rings is 2. The zero-order valence-electron chi connectivity index (χ0n) is 10.5. The Morgan fingerprint density at radius 1 is 1.05 bits per heavy atom. The van der Waals surface area contributed by atoms with Crippen molar-refractivity contribution in [2.75, 3.05) is 0 Å². The van der Waals surface area contributed by atoms with Crippen LogP contribution < -0.4 is 5.63 Å². The molecule has 20 heavy (non-hydrogen) atoms. The lowest BCUT2D eigenvalue weighted by Gasteiger charge is -2.05. The number of aryl methyl sites for hydroxylation is 1. The van der Waals surface area contributed by atoms with Gasteiger partial charge in [0, 0.05) is 0 Å². The number of aromatic nitrogens is 1. The molecule has 1 aromatic heterocycles. The summed E-state index contributed by atoms with van der Waals surface area (Å²) in [5, 5.41) is 0.313. The van der Waals surface area contributed by atoms with E-state index >= 15 is 0 Å². The van der Waals surface area contributed by atoms with Crippen molar-refractivity contribution in [1.29, 1.82) is 0 Å². The van der Waals surface area contributed by atoms with Gasteiger partial charge in [-0.25, -0.2) is 18.6 Å². The second kappa shape index (κ2) is 4.52. The minimum atomic E-state index is -0.826. The first-order valence-electron chi connectivity index (χ1n) is 5.93. The second-order valence-electron chi connectivity index (χ2n) is 4.37. The summed E-state index contributed by atoms with van der Waals surface area (Å²) in [6.07, 6.45) is 0. The van der Waals surface area contributed by atoms with Crippen molar-refractivity contribution in [2.45, 2.75) is 6.92 Å². The van der Waals surface area contributed by atoms with Gasteiger partial charge in [-0.15, -0.1) is 0 Å². The molecule has 0 radical (unpaired) electrons. The Hall–Kier alpha value is -2.56. The van der Waals surface area contributed by atoms with Crippen LogP contribution in [0.4, 0.5) is 8.78 Å². The smallest absolute Gasteiger partial charge is 0.347 e. The van der Waals surface area contributed by atoms with Gasteiger partial charge in [0.2, 0.25) is 5.89 Å². The highest BCUT2D eigenvalue weighted by Gasteiger charge is 2.17. The average Bonchev–Trinajstić information content (AvgIpc) is 2.38. The van der Waals surface area contributed by atoms with Crippen LogP contribution in [0, 0.1) is 18.6 Å². The molecule has 5 heteroatoms. The Balaban J connectivity index is 2.37. The van der Waals surface area contributed by atoms with Gasteiger partial charge >= 0.3 is 5.63 Å². The van der Waals surface area contributed by atoms with Gasteiger partial charge in [-0.1, -0.05) is 18.2 Å². The number of hydrogen-bond acceptors (Lipinski definition) is 3. The molecule has 2 aromatic carbocycles. The molecule has 0 N–H and O–H groups in total. The highest BCUT2D eigenvalue weighted by molar-refractivity contribution is 5.81. The van der Waals surface area contributed by atoms with Crippen LogP contribution in [0.15, 0.2) is 45.6 Å². The summed E-state index contributed by atoms with van der Waals surface area (Å²) in [6, 6.07) is 8.45. The van der Waals surface area contributed by atoms with Crippen LogP contribution in [0.5, 0.6) is 0 Å². The molecule has 0 amide bonds. The van der Waals surface area contributed by atoms with Gasteiger partial charge in [0.1, 0.15) is 17.2 Å². The highest BCUT2D eigenvalue weighted by Crippen LogP contribution is 2.25. The summed E-state index contributed by atoms with van der Waals surface area (Å²) >= 11 is 0. The summed E-state index contributed by atoms with van der Waals surface area (Å²) < 4.78 is 32.4. The summed E-state index contributed by atoms with van der Waals surface area (Å²) in [5.41, 5.74) is -0.0537. The molecule has 1 heterocycles. The largest absolute Gasteiger partial charge is 0.403 e. The van der Waals surface area contributed by atoms with E-state index in [1.165, 1.54) is 6.07 Å². The van der Waals surface area contributed by atoms with Gasteiger partial charge in [-0.05, 0) is 30.7 Å². The molecule has 3 rings (SSSR count). The molecular formula is C15H9F2NO2. The Bertz CT molecular complexity index is 851. The molecule has 0 saturated heterocycles. The van der Waals surface area contributed by atoms with Crippen molar-refractivity contribution in [3.05, 3.63) is 64.0 Å². The van der Waals surface area contributed by atoms with Gasteiger partial charge in [0.25, 0.3) is 0 Å². The van der Waals surface area contributed by atoms with E-state index in [2.05, 4.69) is 4.98 Å². The van der Waals surface area contributed by atoms with Crippen molar-refractivity contribution < 1.29 is 13.2 Å². The Labute approximate surface area is 112 Å². The predicted octanol–water partition coefficient (Wildman–Crippen LogP) is 3.44. The Morgan fingerprint density at radius 3 is 2.40 bits per heavy atom. The molecular weight excluding hydrogens is 264 g/mol. The SMILES string of the molecule is Cc1cccc2nc(-c3c(F)cccc3F)oc(=O)c12. The maximum absolute atomic E-state index is 13.7. The van der Waals surface area contributed by atoms with Crippen LogP contribution in [0.2, 0.25) is 0 Å². The molecule has 0 aliphatic rings. The normalized spacial score (nSPS) is 10.9. The maximum Gasteiger partial charge on any atom is 0.347 e. The van der Waals surface area contributed by atoms with Gasteiger partial charge in [0.05, 0.1) is 10.9 Å². The third-order valence-electron chi connectivity index (χ3n) is 3.04. The standard InChI is InChI=1S/C15H9F2NO2/c1-8-4-2-7-11-12(8)15(19)20-14(18-11)13-9(16)5-3-6-10(13)17/h2-7H,1H3. The fourth-order valence-electron chi connectivity index (χ4n) is 2.09. The average molecular weight is 273 g/mol. The molecule has 0 bridgehead atoms. The number of fused-ring (bicyclic) bond motifs is 1. The van der Waals surface area contributed by atoms with Crippen molar-refractivity contribution in [1.82, 2.24) is 4.98 Å². The van der Waals surface area contributed by atoms with E-state index in [1.807, 2.05) is 0 Å². The third kappa shape index (κ3) is 1.87. The molecule has 0 unspecified atom stereocenters. The number of rotatable bonds is 1. The second-order valence-corrected chi connectivity index (χ2v) is 4.37. The minimum absolute atomic E-state index is 0.313. The van der Waals surface area contributed by atoms with Gasteiger partial charge in [-0.2, -0.15) is 0 Å². The fourth-order valence-corrected chi connectivity index (χ4v) is 2.09. The van der Waals surface area contributed by atoms with Crippen molar-refractivity contribution >= 4 is 10.9 Å².